The van der Waals surface area contributed by atoms with Gasteiger partial charge in [-0.25, -0.2) is 0 Å². The molecule has 1 aromatic rings. The Kier molecular flexibility index (Phi) is 3.33. The molecule has 1 fully saturated rings. The monoisotopic (exact) mass is 229 g/mol. The molecule has 1 aliphatic rings. The van der Waals surface area contributed by atoms with E-state index in [2.05, 4.69) is 23.0 Å². The Morgan fingerprint density at radius 3 is 2.76 bits per heavy atom. The highest BCUT2D eigenvalue weighted by atomic mass is 15.1. The van der Waals surface area contributed by atoms with Crippen LogP contribution in [0.2, 0.25) is 0 Å². The summed E-state index contributed by atoms with van der Waals surface area (Å²) in [6.45, 7) is 4.92. The van der Waals surface area contributed by atoms with Crippen LogP contribution < -0.4 is 4.90 Å². The first-order chi connectivity index (χ1) is 8.11. The average molecular weight is 229 g/mol. The molecule has 0 radical (unpaired) electrons. The number of aryl methyl sites for hydroxylation is 2. The van der Waals surface area contributed by atoms with E-state index in [1.807, 2.05) is 19.9 Å². The first-order valence-electron chi connectivity index (χ1n) is 6.21. The van der Waals surface area contributed by atoms with Gasteiger partial charge in [0.25, 0.3) is 0 Å². The van der Waals surface area contributed by atoms with Gasteiger partial charge >= 0.3 is 0 Å². The summed E-state index contributed by atoms with van der Waals surface area (Å²) in [4.78, 5) is 6.54. The summed E-state index contributed by atoms with van der Waals surface area (Å²) < 4.78 is 0. The van der Waals surface area contributed by atoms with Crippen LogP contribution >= 0.6 is 0 Å². The predicted molar refractivity (Wildman–Crippen MR) is 69.0 cm³/mol. The van der Waals surface area contributed by atoms with Crippen LogP contribution in [0.4, 0.5) is 5.69 Å². The van der Waals surface area contributed by atoms with Crippen LogP contribution in [-0.4, -0.2) is 18.6 Å². The molecule has 1 saturated carbocycles. The lowest BCUT2D eigenvalue weighted by atomic mass is 10.1. The van der Waals surface area contributed by atoms with Crippen molar-refractivity contribution >= 4 is 5.69 Å². The summed E-state index contributed by atoms with van der Waals surface area (Å²) in [6, 6.07) is 4.28. The number of hydrogen-bond acceptors (Lipinski definition) is 3. The molecule has 0 aliphatic heterocycles. The molecule has 0 atom stereocenters. The SMILES string of the molecule is Cc1cc(N(C)CCC2CC2)c(C#N)c(C)n1. The molecule has 1 aromatic heterocycles. The molecule has 3 heteroatoms. The largest absolute Gasteiger partial charge is 0.373 e. The quantitative estimate of drug-likeness (QED) is 0.797. The van der Waals surface area contributed by atoms with Crippen LogP contribution in [0.15, 0.2) is 6.07 Å². The van der Waals surface area contributed by atoms with Gasteiger partial charge in [0.1, 0.15) is 6.07 Å². The summed E-state index contributed by atoms with van der Waals surface area (Å²) >= 11 is 0. The van der Waals surface area contributed by atoms with Gasteiger partial charge in [-0.2, -0.15) is 5.26 Å². The first kappa shape index (κ1) is 11.9. The fourth-order valence-electron chi connectivity index (χ4n) is 2.15. The van der Waals surface area contributed by atoms with Gasteiger partial charge in [-0.05, 0) is 32.3 Å². The van der Waals surface area contributed by atoms with Crippen molar-refractivity contribution < 1.29 is 0 Å². The number of aromatic nitrogens is 1. The molecule has 0 unspecified atom stereocenters. The molecule has 90 valence electrons. The minimum atomic E-state index is 0.717. The number of hydrogen-bond donors (Lipinski definition) is 0. The molecule has 0 amide bonds. The third-order valence-corrected chi connectivity index (χ3v) is 3.40. The van der Waals surface area contributed by atoms with Crippen molar-refractivity contribution in [2.24, 2.45) is 5.92 Å². The molecule has 0 spiro atoms. The third-order valence-electron chi connectivity index (χ3n) is 3.40. The molecule has 2 rings (SSSR count). The van der Waals surface area contributed by atoms with Gasteiger partial charge in [0, 0.05) is 19.3 Å². The maximum absolute atomic E-state index is 9.21. The summed E-state index contributed by atoms with van der Waals surface area (Å²) in [5, 5.41) is 9.21. The Balaban J connectivity index is 2.19. The Hall–Kier alpha value is -1.56. The van der Waals surface area contributed by atoms with Crippen molar-refractivity contribution in [1.29, 1.82) is 5.26 Å². The fraction of sp³-hybridized carbons (Fsp3) is 0.571. The second-order valence-electron chi connectivity index (χ2n) is 5.01. The maximum atomic E-state index is 9.21. The summed E-state index contributed by atoms with van der Waals surface area (Å²) in [6.07, 6.45) is 4.00. The van der Waals surface area contributed by atoms with Crippen molar-refractivity contribution in [2.75, 3.05) is 18.5 Å². The number of pyridine rings is 1. The molecule has 0 aromatic carbocycles. The van der Waals surface area contributed by atoms with Gasteiger partial charge < -0.3 is 4.90 Å². The molecule has 0 saturated heterocycles. The van der Waals surface area contributed by atoms with E-state index in [0.29, 0.717) is 5.56 Å². The van der Waals surface area contributed by atoms with E-state index in [9.17, 15) is 5.26 Å². The highest BCUT2D eigenvalue weighted by Gasteiger charge is 2.22. The fourth-order valence-corrected chi connectivity index (χ4v) is 2.15. The van der Waals surface area contributed by atoms with Crippen molar-refractivity contribution in [1.82, 2.24) is 4.98 Å². The Morgan fingerprint density at radius 2 is 2.18 bits per heavy atom. The zero-order valence-electron chi connectivity index (χ0n) is 10.8. The lowest BCUT2D eigenvalue weighted by Gasteiger charge is -2.21. The second kappa shape index (κ2) is 4.75. The van der Waals surface area contributed by atoms with E-state index < -0.39 is 0 Å². The van der Waals surface area contributed by atoms with Gasteiger partial charge in [-0.15, -0.1) is 0 Å². The summed E-state index contributed by atoms with van der Waals surface area (Å²) in [5.41, 5.74) is 3.56. The van der Waals surface area contributed by atoms with E-state index in [-0.39, 0.29) is 0 Å². The molecule has 0 N–H and O–H groups in total. The van der Waals surface area contributed by atoms with E-state index in [0.717, 1.165) is 29.5 Å². The van der Waals surface area contributed by atoms with E-state index in [1.54, 1.807) is 0 Å². The van der Waals surface area contributed by atoms with Gasteiger partial charge in [-0.3, -0.25) is 4.98 Å². The molecule has 1 heterocycles. The maximum Gasteiger partial charge on any atom is 0.103 e. The zero-order valence-corrected chi connectivity index (χ0v) is 10.8. The molecule has 0 bridgehead atoms. The standard InChI is InChI=1S/C14H19N3/c1-10-8-14(13(9-15)11(2)16-10)17(3)7-6-12-4-5-12/h8,12H,4-7H2,1-3H3. The van der Waals surface area contributed by atoms with Gasteiger partial charge in [0.05, 0.1) is 16.9 Å². The van der Waals surface area contributed by atoms with E-state index in [1.165, 1.54) is 19.3 Å². The number of rotatable bonds is 4. The topological polar surface area (TPSA) is 39.9 Å². The first-order valence-corrected chi connectivity index (χ1v) is 6.21. The van der Waals surface area contributed by atoms with Crippen LogP contribution in [0.3, 0.4) is 0 Å². The molecular formula is C14H19N3. The molecule has 1 aliphatic carbocycles. The summed E-state index contributed by atoms with van der Waals surface area (Å²) in [5.74, 6) is 0.923. The van der Waals surface area contributed by atoms with Crippen LogP contribution in [0, 0.1) is 31.1 Å². The number of nitriles is 1. The van der Waals surface area contributed by atoms with E-state index in [4.69, 9.17) is 0 Å². The number of anilines is 1. The molecule has 17 heavy (non-hydrogen) atoms. The molecule has 3 nitrogen and oxygen atoms in total. The third kappa shape index (κ3) is 2.76. The Labute approximate surface area is 103 Å². The highest BCUT2D eigenvalue weighted by Crippen LogP contribution is 2.33. The van der Waals surface area contributed by atoms with Crippen LogP contribution in [0.25, 0.3) is 0 Å². The van der Waals surface area contributed by atoms with Gasteiger partial charge in [0.2, 0.25) is 0 Å². The lowest BCUT2D eigenvalue weighted by Crippen LogP contribution is -2.21. The normalized spacial score (nSPS) is 14.5. The van der Waals surface area contributed by atoms with Crippen molar-refractivity contribution in [3.05, 3.63) is 23.0 Å². The Morgan fingerprint density at radius 1 is 1.47 bits per heavy atom. The van der Waals surface area contributed by atoms with Crippen LogP contribution in [0.1, 0.15) is 36.2 Å². The van der Waals surface area contributed by atoms with Crippen molar-refractivity contribution in [3.8, 4) is 6.07 Å². The summed E-state index contributed by atoms with van der Waals surface area (Å²) in [7, 11) is 2.07. The Bertz CT molecular complexity index is 455. The van der Waals surface area contributed by atoms with Crippen LogP contribution in [0.5, 0.6) is 0 Å². The van der Waals surface area contributed by atoms with Crippen molar-refractivity contribution in [2.45, 2.75) is 33.1 Å². The van der Waals surface area contributed by atoms with Crippen LogP contribution in [-0.2, 0) is 0 Å². The zero-order chi connectivity index (χ0) is 12.4. The minimum Gasteiger partial charge on any atom is -0.373 e. The van der Waals surface area contributed by atoms with Gasteiger partial charge in [0.15, 0.2) is 0 Å². The van der Waals surface area contributed by atoms with Crippen molar-refractivity contribution in [3.63, 3.8) is 0 Å². The second-order valence-corrected chi connectivity index (χ2v) is 5.01. The smallest absolute Gasteiger partial charge is 0.103 e. The lowest BCUT2D eigenvalue weighted by molar-refractivity contribution is 0.710. The number of nitrogens with zero attached hydrogens (tertiary/aromatic N) is 3. The highest BCUT2D eigenvalue weighted by molar-refractivity contribution is 5.61. The predicted octanol–water partition coefficient (Wildman–Crippen LogP) is 2.81. The van der Waals surface area contributed by atoms with Gasteiger partial charge in [-0.1, -0.05) is 12.8 Å². The van der Waals surface area contributed by atoms with E-state index >= 15 is 0 Å². The minimum absolute atomic E-state index is 0.717. The molecular weight excluding hydrogens is 210 g/mol. The average Bonchev–Trinajstić information content (AvgIpc) is 3.08.